The van der Waals surface area contributed by atoms with Crippen LogP contribution in [0.25, 0.3) is 0 Å². The van der Waals surface area contributed by atoms with Gasteiger partial charge in [0.2, 0.25) is 5.91 Å². The van der Waals surface area contributed by atoms with E-state index in [9.17, 15) is 4.79 Å². The molecule has 0 aromatic heterocycles. The predicted octanol–water partition coefficient (Wildman–Crippen LogP) is 0.998. The van der Waals surface area contributed by atoms with Crippen LogP contribution in [0.1, 0.15) is 18.4 Å². The van der Waals surface area contributed by atoms with E-state index in [0.717, 1.165) is 24.3 Å². The summed E-state index contributed by atoms with van der Waals surface area (Å²) in [4.78, 5) is 13.3. The maximum atomic E-state index is 11.4. The number of nitrogens with two attached hydrogens (primary N) is 1. The summed E-state index contributed by atoms with van der Waals surface area (Å²) in [6.45, 7) is 2.41. The minimum absolute atomic E-state index is 0.232. The van der Waals surface area contributed by atoms with Crippen LogP contribution in [0.15, 0.2) is 24.3 Å². The molecule has 1 fully saturated rings. The molecule has 1 aliphatic rings. The summed E-state index contributed by atoms with van der Waals surface area (Å²) in [6, 6.07) is 7.57. The third-order valence-corrected chi connectivity index (χ3v) is 2.99. The molecule has 1 heterocycles. The van der Waals surface area contributed by atoms with Gasteiger partial charge in [-0.25, -0.2) is 0 Å². The van der Waals surface area contributed by atoms with E-state index in [2.05, 4.69) is 11.8 Å². The number of likely N-dealkylation sites (tertiary alicyclic amines) is 1. The Kier molecular flexibility index (Phi) is 4.82. The fraction of sp³-hybridized carbons (Fsp3) is 0.400. The molecule has 2 N–H and O–H groups in total. The number of amides is 1. The minimum Gasteiger partial charge on any atom is -0.492 e. The number of hydrogen-bond acceptors (Lipinski definition) is 3. The lowest BCUT2D eigenvalue weighted by Crippen LogP contribution is -2.29. The number of carbonyl (C=O) groups excluding carboxylic acids is 1. The molecular formula is C15H18N2O2. The quantitative estimate of drug-likeness (QED) is 0.820. The van der Waals surface area contributed by atoms with Gasteiger partial charge in [-0.05, 0) is 30.7 Å². The lowest BCUT2D eigenvalue weighted by Gasteiger charge is -2.15. The monoisotopic (exact) mass is 258 g/mol. The van der Waals surface area contributed by atoms with Crippen molar-refractivity contribution >= 4 is 5.91 Å². The Bertz CT molecular complexity index is 485. The molecule has 100 valence electrons. The maximum absolute atomic E-state index is 11.4. The van der Waals surface area contributed by atoms with Gasteiger partial charge in [0.05, 0.1) is 13.1 Å². The minimum atomic E-state index is 0.232. The van der Waals surface area contributed by atoms with Gasteiger partial charge in [0.25, 0.3) is 0 Å². The van der Waals surface area contributed by atoms with Crippen molar-refractivity contribution < 1.29 is 9.53 Å². The van der Waals surface area contributed by atoms with Crippen LogP contribution in [0.5, 0.6) is 5.75 Å². The van der Waals surface area contributed by atoms with Crippen LogP contribution in [0, 0.1) is 11.8 Å². The number of ether oxygens (including phenoxy) is 1. The van der Waals surface area contributed by atoms with Crippen molar-refractivity contribution in [3.63, 3.8) is 0 Å². The van der Waals surface area contributed by atoms with Crippen LogP contribution in [-0.2, 0) is 4.79 Å². The molecule has 0 atom stereocenters. The van der Waals surface area contributed by atoms with E-state index in [1.165, 1.54) is 0 Å². The second-order valence-corrected chi connectivity index (χ2v) is 4.36. The highest BCUT2D eigenvalue weighted by molar-refractivity contribution is 5.78. The normalized spacial score (nSPS) is 14.2. The highest BCUT2D eigenvalue weighted by Crippen LogP contribution is 2.13. The van der Waals surface area contributed by atoms with E-state index in [-0.39, 0.29) is 5.91 Å². The average Bonchev–Trinajstić information content (AvgIpc) is 2.84. The summed E-state index contributed by atoms with van der Waals surface area (Å²) >= 11 is 0. The zero-order valence-corrected chi connectivity index (χ0v) is 10.9. The Morgan fingerprint density at radius 3 is 2.74 bits per heavy atom. The Balaban J connectivity index is 1.78. The first-order valence-electron chi connectivity index (χ1n) is 6.49. The molecular weight excluding hydrogens is 240 g/mol. The highest BCUT2D eigenvalue weighted by Gasteiger charge is 2.19. The zero-order valence-electron chi connectivity index (χ0n) is 10.9. The molecule has 4 heteroatoms. The standard InChI is InChI=1S/C15H18N2O2/c16-9-1-3-13-5-7-14(8-6-13)19-12-11-17-10-2-4-15(17)18/h5-8H,2,4,9-12,16H2. The summed E-state index contributed by atoms with van der Waals surface area (Å²) in [5.74, 6) is 6.79. The van der Waals surface area contributed by atoms with E-state index in [0.29, 0.717) is 26.1 Å². The third-order valence-electron chi connectivity index (χ3n) is 2.99. The van der Waals surface area contributed by atoms with Crippen LogP contribution in [0.3, 0.4) is 0 Å². The third kappa shape index (κ3) is 4.01. The average molecular weight is 258 g/mol. The molecule has 1 aromatic rings. The highest BCUT2D eigenvalue weighted by atomic mass is 16.5. The number of benzene rings is 1. The summed E-state index contributed by atoms with van der Waals surface area (Å²) in [5, 5.41) is 0. The Hall–Kier alpha value is -1.99. The Morgan fingerprint density at radius 2 is 2.11 bits per heavy atom. The zero-order chi connectivity index (χ0) is 13.5. The summed E-state index contributed by atoms with van der Waals surface area (Å²) in [7, 11) is 0. The lowest BCUT2D eigenvalue weighted by molar-refractivity contribution is -0.128. The Morgan fingerprint density at radius 1 is 1.32 bits per heavy atom. The molecule has 1 amide bonds. The van der Waals surface area contributed by atoms with Gasteiger partial charge in [-0.2, -0.15) is 0 Å². The number of rotatable bonds is 4. The molecule has 19 heavy (non-hydrogen) atoms. The van der Waals surface area contributed by atoms with Gasteiger partial charge in [0.1, 0.15) is 12.4 Å². The molecule has 0 aliphatic carbocycles. The van der Waals surface area contributed by atoms with Crippen LogP contribution in [-0.4, -0.2) is 37.0 Å². The topological polar surface area (TPSA) is 55.6 Å². The van der Waals surface area contributed by atoms with Crippen molar-refractivity contribution in [2.24, 2.45) is 5.73 Å². The Labute approximate surface area is 113 Å². The number of carbonyl (C=O) groups is 1. The van der Waals surface area contributed by atoms with E-state index in [4.69, 9.17) is 10.5 Å². The van der Waals surface area contributed by atoms with E-state index in [1.807, 2.05) is 29.2 Å². The number of hydrogen-bond donors (Lipinski definition) is 1. The maximum Gasteiger partial charge on any atom is 0.222 e. The molecule has 1 aromatic carbocycles. The second-order valence-electron chi connectivity index (χ2n) is 4.36. The first kappa shape index (κ1) is 13.4. The van der Waals surface area contributed by atoms with E-state index < -0.39 is 0 Å². The summed E-state index contributed by atoms with van der Waals surface area (Å²) in [6.07, 6.45) is 1.64. The van der Waals surface area contributed by atoms with Gasteiger partial charge in [-0.15, -0.1) is 0 Å². The van der Waals surface area contributed by atoms with Crippen molar-refractivity contribution in [3.8, 4) is 17.6 Å². The van der Waals surface area contributed by atoms with Crippen LogP contribution in [0.4, 0.5) is 0 Å². The van der Waals surface area contributed by atoms with Gasteiger partial charge in [0.15, 0.2) is 0 Å². The molecule has 0 unspecified atom stereocenters. The molecule has 0 bridgehead atoms. The van der Waals surface area contributed by atoms with Gasteiger partial charge >= 0.3 is 0 Å². The van der Waals surface area contributed by atoms with Gasteiger partial charge in [-0.3, -0.25) is 4.79 Å². The van der Waals surface area contributed by atoms with Crippen molar-refractivity contribution in [2.45, 2.75) is 12.8 Å². The van der Waals surface area contributed by atoms with Crippen LogP contribution < -0.4 is 10.5 Å². The van der Waals surface area contributed by atoms with Gasteiger partial charge in [-0.1, -0.05) is 11.8 Å². The van der Waals surface area contributed by atoms with E-state index in [1.54, 1.807) is 0 Å². The summed E-state index contributed by atoms with van der Waals surface area (Å²) < 4.78 is 5.61. The summed E-state index contributed by atoms with van der Waals surface area (Å²) in [5.41, 5.74) is 6.24. The van der Waals surface area contributed by atoms with Crippen molar-refractivity contribution in [3.05, 3.63) is 29.8 Å². The molecule has 0 saturated carbocycles. The lowest BCUT2D eigenvalue weighted by atomic mass is 10.2. The van der Waals surface area contributed by atoms with Crippen LogP contribution >= 0.6 is 0 Å². The molecule has 4 nitrogen and oxygen atoms in total. The molecule has 1 aliphatic heterocycles. The largest absolute Gasteiger partial charge is 0.492 e. The van der Waals surface area contributed by atoms with Crippen LogP contribution in [0.2, 0.25) is 0 Å². The smallest absolute Gasteiger partial charge is 0.222 e. The first-order valence-corrected chi connectivity index (χ1v) is 6.49. The molecule has 1 saturated heterocycles. The second kappa shape index (κ2) is 6.81. The fourth-order valence-corrected chi connectivity index (χ4v) is 2.00. The van der Waals surface area contributed by atoms with Crippen molar-refractivity contribution in [2.75, 3.05) is 26.2 Å². The van der Waals surface area contributed by atoms with Crippen molar-refractivity contribution in [1.82, 2.24) is 4.90 Å². The first-order chi connectivity index (χ1) is 9.29. The van der Waals surface area contributed by atoms with E-state index >= 15 is 0 Å². The predicted molar refractivity (Wildman–Crippen MR) is 73.7 cm³/mol. The van der Waals surface area contributed by atoms with Gasteiger partial charge in [0, 0.05) is 18.5 Å². The molecule has 0 radical (unpaired) electrons. The van der Waals surface area contributed by atoms with Crippen molar-refractivity contribution in [1.29, 1.82) is 0 Å². The number of nitrogens with zero attached hydrogens (tertiary/aromatic N) is 1. The van der Waals surface area contributed by atoms with Gasteiger partial charge < -0.3 is 15.4 Å². The molecule has 0 spiro atoms. The molecule has 2 rings (SSSR count). The SMILES string of the molecule is NCC#Cc1ccc(OCCN2CCCC2=O)cc1. The fourth-order valence-electron chi connectivity index (χ4n) is 2.00.